The Labute approximate surface area is 133 Å². The molecule has 1 atom stereocenters. The Hall–Kier alpha value is -2.51. The van der Waals surface area contributed by atoms with Crippen molar-refractivity contribution < 1.29 is 13.6 Å². The van der Waals surface area contributed by atoms with Crippen LogP contribution in [-0.2, 0) is 6.54 Å². The van der Waals surface area contributed by atoms with Crippen LogP contribution in [0.2, 0.25) is 0 Å². The number of rotatable bonds is 6. The van der Waals surface area contributed by atoms with Crippen molar-refractivity contribution in [1.82, 2.24) is 24.8 Å². The lowest BCUT2D eigenvalue weighted by Gasteiger charge is -2.23. The number of carbonyl (C=O) groups is 1. The molecular weight excluding hydrogens is 304 g/mol. The largest absolute Gasteiger partial charge is 0.331 e. The molecule has 0 saturated carbocycles. The van der Waals surface area contributed by atoms with E-state index in [0.717, 1.165) is 10.1 Å². The van der Waals surface area contributed by atoms with Crippen LogP contribution in [0.15, 0.2) is 36.9 Å². The maximum atomic E-state index is 12.8. The highest BCUT2D eigenvalue weighted by molar-refractivity contribution is 5.74. The SMILES string of the molecule is CCC(NC(=O)N(C)Cc1nccn1C(F)F)c1ccncc1. The third kappa shape index (κ3) is 4.24. The molecule has 2 aromatic rings. The molecule has 0 radical (unpaired) electrons. The van der Waals surface area contributed by atoms with E-state index >= 15 is 0 Å². The van der Waals surface area contributed by atoms with Crippen LogP contribution in [-0.4, -0.2) is 32.5 Å². The number of nitrogens with one attached hydrogen (secondary N) is 1. The van der Waals surface area contributed by atoms with Crippen molar-refractivity contribution in [3.8, 4) is 0 Å². The summed E-state index contributed by atoms with van der Waals surface area (Å²) in [7, 11) is 1.54. The highest BCUT2D eigenvalue weighted by Gasteiger charge is 2.19. The molecule has 8 heteroatoms. The van der Waals surface area contributed by atoms with Gasteiger partial charge in [-0.15, -0.1) is 0 Å². The summed E-state index contributed by atoms with van der Waals surface area (Å²) in [6.45, 7) is -0.727. The number of amides is 2. The monoisotopic (exact) mass is 323 g/mol. The minimum atomic E-state index is -2.68. The van der Waals surface area contributed by atoms with E-state index in [9.17, 15) is 13.6 Å². The van der Waals surface area contributed by atoms with Gasteiger partial charge in [0.2, 0.25) is 0 Å². The van der Waals surface area contributed by atoms with Crippen LogP contribution >= 0.6 is 0 Å². The molecule has 2 amide bonds. The minimum Gasteiger partial charge on any atom is -0.331 e. The van der Waals surface area contributed by atoms with Gasteiger partial charge in [0.1, 0.15) is 5.82 Å². The van der Waals surface area contributed by atoms with Gasteiger partial charge >= 0.3 is 12.6 Å². The Morgan fingerprint density at radius 3 is 2.65 bits per heavy atom. The average Bonchev–Trinajstić information content (AvgIpc) is 3.01. The zero-order valence-corrected chi connectivity index (χ0v) is 13.0. The number of nitrogens with zero attached hydrogens (tertiary/aromatic N) is 4. The predicted octanol–water partition coefficient (Wildman–Crippen LogP) is 2.97. The number of hydrogen-bond donors (Lipinski definition) is 1. The lowest BCUT2D eigenvalue weighted by atomic mass is 10.1. The predicted molar refractivity (Wildman–Crippen MR) is 80.7 cm³/mol. The van der Waals surface area contributed by atoms with Crippen molar-refractivity contribution in [1.29, 1.82) is 0 Å². The highest BCUT2D eigenvalue weighted by Crippen LogP contribution is 2.17. The summed E-state index contributed by atoms with van der Waals surface area (Å²) < 4.78 is 26.3. The summed E-state index contributed by atoms with van der Waals surface area (Å²) >= 11 is 0. The number of urea groups is 1. The first-order chi connectivity index (χ1) is 11.0. The Morgan fingerprint density at radius 2 is 2.04 bits per heavy atom. The second kappa shape index (κ2) is 7.66. The first-order valence-electron chi connectivity index (χ1n) is 7.24. The Morgan fingerprint density at radius 1 is 1.35 bits per heavy atom. The van der Waals surface area contributed by atoms with Gasteiger partial charge in [-0.2, -0.15) is 8.78 Å². The standard InChI is InChI=1S/C15H19F2N5O/c1-3-12(11-4-6-18-7-5-11)20-15(23)21(2)10-13-19-8-9-22(13)14(16)17/h4-9,12,14H,3,10H2,1-2H3,(H,20,23). The molecule has 0 saturated heterocycles. The van der Waals surface area contributed by atoms with E-state index in [1.165, 1.54) is 17.3 Å². The number of imidazole rings is 1. The van der Waals surface area contributed by atoms with Crippen LogP contribution in [0.3, 0.4) is 0 Å². The van der Waals surface area contributed by atoms with Crippen molar-refractivity contribution in [2.75, 3.05) is 7.05 Å². The summed E-state index contributed by atoms with van der Waals surface area (Å²) in [5, 5.41) is 2.88. The minimum absolute atomic E-state index is 0.00402. The Bertz CT molecular complexity index is 632. The van der Waals surface area contributed by atoms with Gasteiger partial charge in [-0.25, -0.2) is 9.78 Å². The molecule has 23 heavy (non-hydrogen) atoms. The van der Waals surface area contributed by atoms with Crippen LogP contribution in [0, 0.1) is 0 Å². The number of carbonyl (C=O) groups excluding carboxylic acids is 1. The molecule has 0 aromatic carbocycles. The van der Waals surface area contributed by atoms with E-state index in [2.05, 4.69) is 15.3 Å². The Balaban J connectivity index is 2.00. The molecule has 124 valence electrons. The molecular formula is C15H19F2N5O. The summed E-state index contributed by atoms with van der Waals surface area (Å²) in [5.41, 5.74) is 0.943. The number of pyridine rings is 1. The van der Waals surface area contributed by atoms with Crippen molar-refractivity contribution in [3.05, 3.63) is 48.3 Å². The molecule has 0 aliphatic rings. The van der Waals surface area contributed by atoms with Gasteiger partial charge in [0.25, 0.3) is 0 Å². The number of halogens is 2. The molecule has 6 nitrogen and oxygen atoms in total. The summed E-state index contributed by atoms with van der Waals surface area (Å²) in [4.78, 5) is 21.4. The van der Waals surface area contributed by atoms with Crippen molar-refractivity contribution in [2.24, 2.45) is 0 Å². The number of hydrogen-bond acceptors (Lipinski definition) is 3. The molecule has 2 aromatic heterocycles. The van der Waals surface area contributed by atoms with E-state index in [4.69, 9.17) is 0 Å². The topological polar surface area (TPSA) is 63.1 Å². The summed E-state index contributed by atoms with van der Waals surface area (Å²) in [5.74, 6) is 0.134. The van der Waals surface area contributed by atoms with E-state index in [0.29, 0.717) is 6.42 Å². The van der Waals surface area contributed by atoms with Gasteiger partial charge in [0.15, 0.2) is 0 Å². The van der Waals surface area contributed by atoms with E-state index < -0.39 is 6.55 Å². The zero-order valence-electron chi connectivity index (χ0n) is 13.0. The van der Waals surface area contributed by atoms with Crippen molar-refractivity contribution in [3.63, 3.8) is 0 Å². The fraction of sp³-hybridized carbons (Fsp3) is 0.400. The van der Waals surface area contributed by atoms with Gasteiger partial charge in [-0.3, -0.25) is 9.55 Å². The lowest BCUT2D eigenvalue weighted by molar-refractivity contribution is 0.0650. The number of alkyl halides is 2. The second-order valence-corrected chi connectivity index (χ2v) is 5.08. The van der Waals surface area contributed by atoms with Crippen molar-refractivity contribution >= 4 is 6.03 Å². The van der Waals surface area contributed by atoms with Gasteiger partial charge in [0.05, 0.1) is 12.6 Å². The molecule has 0 aliphatic carbocycles. The first kappa shape index (κ1) is 16.9. The molecule has 1 N–H and O–H groups in total. The molecule has 0 aliphatic heterocycles. The van der Waals surface area contributed by atoms with Gasteiger partial charge in [-0.1, -0.05) is 6.92 Å². The maximum Gasteiger partial charge on any atom is 0.319 e. The van der Waals surface area contributed by atoms with Crippen LogP contribution in [0.25, 0.3) is 0 Å². The van der Waals surface area contributed by atoms with E-state index in [1.54, 1.807) is 19.4 Å². The first-order valence-corrected chi connectivity index (χ1v) is 7.24. The van der Waals surface area contributed by atoms with Crippen LogP contribution in [0.5, 0.6) is 0 Å². The zero-order chi connectivity index (χ0) is 16.8. The lowest BCUT2D eigenvalue weighted by Crippen LogP contribution is -2.39. The van der Waals surface area contributed by atoms with Crippen LogP contribution in [0.1, 0.15) is 37.3 Å². The normalized spacial score (nSPS) is 12.2. The Kier molecular flexibility index (Phi) is 5.61. The third-order valence-corrected chi connectivity index (χ3v) is 3.50. The van der Waals surface area contributed by atoms with E-state index in [1.807, 2.05) is 19.1 Å². The van der Waals surface area contributed by atoms with Gasteiger partial charge < -0.3 is 10.2 Å². The fourth-order valence-electron chi connectivity index (χ4n) is 2.20. The molecule has 1 unspecified atom stereocenters. The molecule has 2 rings (SSSR count). The second-order valence-electron chi connectivity index (χ2n) is 5.08. The maximum absolute atomic E-state index is 12.8. The highest BCUT2D eigenvalue weighted by atomic mass is 19.3. The van der Waals surface area contributed by atoms with Gasteiger partial charge in [-0.05, 0) is 24.1 Å². The molecule has 0 fully saturated rings. The van der Waals surface area contributed by atoms with E-state index in [-0.39, 0.29) is 24.4 Å². The summed E-state index contributed by atoms with van der Waals surface area (Å²) in [6, 6.07) is 3.15. The van der Waals surface area contributed by atoms with Crippen molar-refractivity contribution in [2.45, 2.75) is 32.5 Å². The van der Waals surface area contributed by atoms with Gasteiger partial charge in [0, 0.05) is 31.8 Å². The molecule has 0 spiro atoms. The van der Waals surface area contributed by atoms with Crippen LogP contribution < -0.4 is 5.32 Å². The van der Waals surface area contributed by atoms with Crippen LogP contribution in [0.4, 0.5) is 13.6 Å². The third-order valence-electron chi connectivity index (χ3n) is 3.50. The smallest absolute Gasteiger partial charge is 0.319 e. The molecule has 0 bridgehead atoms. The fourth-order valence-corrected chi connectivity index (χ4v) is 2.20. The average molecular weight is 323 g/mol. The number of aromatic nitrogens is 3. The summed E-state index contributed by atoms with van der Waals surface area (Å²) in [6.07, 6.45) is 6.51. The quantitative estimate of drug-likeness (QED) is 0.889. The molecule has 2 heterocycles.